The van der Waals surface area contributed by atoms with Crippen molar-refractivity contribution < 1.29 is 14.8 Å². The number of benzene rings is 2. The van der Waals surface area contributed by atoms with Gasteiger partial charge in [-0.1, -0.05) is 11.8 Å². The number of likely N-dealkylation sites (tertiary alicyclic amines) is 1. The highest BCUT2D eigenvalue weighted by molar-refractivity contribution is 5.97. The molecule has 0 aromatic heterocycles. The predicted molar refractivity (Wildman–Crippen MR) is 109 cm³/mol. The van der Waals surface area contributed by atoms with Crippen LogP contribution in [0.3, 0.4) is 0 Å². The third-order valence-electron chi connectivity index (χ3n) is 4.32. The van der Waals surface area contributed by atoms with Crippen molar-refractivity contribution in [3.63, 3.8) is 0 Å². The van der Waals surface area contributed by atoms with Gasteiger partial charge in [-0.05, 0) is 61.4 Å². The lowest BCUT2D eigenvalue weighted by Crippen LogP contribution is -2.45. The molecule has 1 heterocycles. The zero-order chi connectivity index (χ0) is 20.5. The van der Waals surface area contributed by atoms with Crippen molar-refractivity contribution in [2.24, 2.45) is 0 Å². The Balaban J connectivity index is 0.00000136. The Morgan fingerprint density at radius 1 is 1.04 bits per heavy atom. The summed E-state index contributed by atoms with van der Waals surface area (Å²) in [6, 6.07) is 13.6. The van der Waals surface area contributed by atoms with Gasteiger partial charge in [-0.3, -0.25) is 14.8 Å². The molecule has 0 radical (unpaired) electrons. The van der Waals surface area contributed by atoms with E-state index in [0.717, 1.165) is 17.5 Å². The highest BCUT2D eigenvalue weighted by Gasteiger charge is 2.34. The fraction of sp³-hybridized carbons (Fsp3) is 0.182. The fourth-order valence-electron chi connectivity index (χ4n) is 2.93. The number of hydrogen-bond donors (Lipinski definition) is 3. The minimum absolute atomic E-state index is 0.228. The van der Waals surface area contributed by atoms with E-state index in [-0.39, 0.29) is 5.91 Å². The van der Waals surface area contributed by atoms with E-state index >= 15 is 0 Å². The average molecular weight is 377 g/mol. The molecule has 2 aromatic rings. The first kappa shape index (κ1) is 20.7. The zero-order valence-electron chi connectivity index (χ0n) is 15.5. The normalized spacial score (nSPS) is 14.9. The highest BCUT2D eigenvalue weighted by atomic mass is 16.5. The van der Waals surface area contributed by atoms with Crippen LogP contribution in [0.2, 0.25) is 0 Å². The second kappa shape index (κ2) is 9.95. The highest BCUT2D eigenvalue weighted by Crippen LogP contribution is 2.20. The van der Waals surface area contributed by atoms with Crippen molar-refractivity contribution in [2.75, 3.05) is 12.3 Å². The molecular formula is C22H23N3O3. The number of nitrogens with two attached hydrogens (primary N) is 1. The lowest BCUT2D eigenvalue weighted by Gasteiger charge is -2.22. The molecular weight excluding hydrogens is 354 g/mol. The molecule has 4 N–H and O–H groups in total. The first-order chi connectivity index (χ1) is 13.6. The number of anilines is 1. The maximum Gasteiger partial charge on any atom is 0.266 e. The fourth-order valence-corrected chi connectivity index (χ4v) is 2.93. The molecule has 0 aliphatic carbocycles. The number of carbonyl (C=O) groups excluding carboxylic acids is 2. The molecule has 6 heteroatoms. The van der Waals surface area contributed by atoms with Gasteiger partial charge in [0.25, 0.3) is 11.8 Å². The molecule has 1 fully saturated rings. The van der Waals surface area contributed by atoms with Gasteiger partial charge in [0, 0.05) is 28.9 Å². The Bertz CT molecular complexity index is 880. The number of hydroxylamine groups is 1. The van der Waals surface area contributed by atoms with Gasteiger partial charge in [-0.25, -0.2) is 5.48 Å². The van der Waals surface area contributed by atoms with Gasteiger partial charge >= 0.3 is 0 Å². The topological polar surface area (TPSA) is 95.7 Å². The number of nitrogens with one attached hydrogen (secondary N) is 1. The Kier molecular flexibility index (Phi) is 7.37. The van der Waals surface area contributed by atoms with Crippen LogP contribution in [0.15, 0.2) is 61.7 Å². The number of amides is 2. The second-order valence-corrected chi connectivity index (χ2v) is 6.08. The predicted octanol–water partition coefficient (Wildman–Crippen LogP) is 2.58. The summed E-state index contributed by atoms with van der Waals surface area (Å²) in [7, 11) is 0. The molecule has 1 atom stereocenters. The summed E-state index contributed by atoms with van der Waals surface area (Å²) in [5.74, 6) is 5.30. The van der Waals surface area contributed by atoms with Crippen LogP contribution in [0.1, 0.15) is 34.3 Å². The van der Waals surface area contributed by atoms with Gasteiger partial charge in [-0.2, -0.15) is 0 Å². The van der Waals surface area contributed by atoms with E-state index in [2.05, 4.69) is 25.0 Å². The van der Waals surface area contributed by atoms with E-state index in [1.807, 2.05) is 12.1 Å². The third kappa shape index (κ3) is 5.00. The summed E-state index contributed by atoms with van der Waals surface area (Å²) in [6.45, 7) is 6.50. The molecule has 0 saturated carbocycles. The summed E-state index contributed by atoms with van der Waals surface area (Å²) in [5, 5.41) is 8.81. The number of nitrogen functional groups attached to an aromatic ring is 1. The molecule has 1 saturated heterocycles. The van der Waals surface area contributed by atoms with Gasteiger partial charge in [0.2, 0.25) is 0 Å². The lowest BCUT2D eigenvalue weighted by atomic mass is 10.1. The molecule has 0 bridgehead atoms. The van der Waals surface area contributed by atoms with Crippen molar-refractivity contribution in [3.05, 3.63) is 78.4 Å². The van der Waals surface area contributed by atoms with Gasteiger partial charge in [0.05, 0.1) is 0 Å². The van der Waals surface area contributed by atoms with Crippen molar-refractivity contribution in [3.8, 4) is 11.8 Å². The maximum absolute atomic E-state index is 12.6. The minimum Gasteiger partial charge on any atom is -0.399 e. The standard InChI is InChI=1S/C20H19N3O3.C2H4/c21-17-11-7-15(8-12-17)4-3-14-5-9-16(10-6-14)20(25)23-13-1-2-18(23)19(24)22-26;1-2/h5-12,18,26H,1-2,13,21H2,(H,22,24);1-2H2. The van der Waals surface area contributed by atoms with Crippen molar-refractivity contribution in [1.29, 1.82) is 0 Å². The van der Waals surface area contributed by atoms with Crippen LogP contribution in [0, 0.1) is 11.8 Å². The minimum atomic E-state index is -0.627. The van der Waals surface area contributed by atoms with Crippen molar-refractivity contribution in [2.45, 2.75) is 18.9 Å². The largest absolute Gasteiger partial charge is 0.399 e. The van der Waals surface area contributed by atoms with Crippen LogP contribution in [-0.4, -0.2) is 34.5 Å². The van der Waals surface area contributed by atoms with E-state index < -0.39 is 11.9 Å². The molecule has 2 aromatic carbocycles. The monoisotopic (exact) mass is 377 g/mol. The van der Waals surface area contributed by atoms with E-state index in [4.69, 9.17) is 10.9 Å². The Morgan fingerprint density at radius 3 is 2.11 bits per heavy atom. The molecule has 6 nitrogen and oxygen atoms in total. The van der Waals surface area contributed by atoms with Gasteiger partial charge < -0.3 is 10.6 Å². The lowest BCUT2D eigenvalue weighted by molar-refractivity contribution is -0.133. The molecule has 144 valence electrons. The van der Waals surface area contributed by atoms with E-state index in [9.17, 15) is 9.59 Å². The summed E-state index contributed by atoms with van der Waals surface area (Å²) in [6.07, 6.45) is 1.28. The van der Waals surface area contributed by atoms with Crippen LogP contribution in [-0.2, 0) is 4.79 Å². The third-order valence-corrected chi connectivity index (χ3v) is 4.32. The smallest absolute Gasteiger partial charge is 0.266 e. The van der Waals surface area contributed by atoms with Gasteiger partial charge in [-0.15, -0.1) is 13.2 Å². The average Bonchev–Trinajstić information content (AvgIpc) is 3.24. The molecule has 3 rings (SSSR count). The summed E-state index contributed by atoms with van der Waals surface area (Å²) >= 11 is 0. The van der Waals surface area contributed by atoms with Crippen LogP contribution in [0.4, 0.5) is 5.69 Å². The SMILES string of the molecule is C=C.Nc1ccc(C#Cc2ccc(C(=O)N3CCCC3C(=O)NO)cc2)cc1. The number of nitrogens with zero attached hydrogens (tertiary/aromatic N) is 1. The second-order valence-electron chi connectivity index (χ2n) is 6.08. The Labute approximate surface area is 164 Å². The molecule has 1 unspecified atom stereocenters. The Hall–Kier alpha value is -3.56. The van der Waals surface area contributed by atoms with Crippen molar-refractivity contribution >= 4 is 17.5 Å². The number of carbonyl (C=O) groups is 2. The summed E-state index contributed by atoms with van der Waals surface area (Å²) in [4.78, 5) is 25.8. The van der Waals surface area contributed by atoms with Gasteiger partial charge in [0.1, 0.15) is 6.04 Å². The zero-order valence-corrected chi connectivity index (χ0v) is 15.5. The van der Waals surface area contributed by atoms with Gasteiger partial charge in [0.15, 0.2) is 0 Å². The summed E-state index contributed by atoms with van der Waals surface area (Å²) in [5.41, 5.74) is 10.1. The molecule has 1 aliphatic heterocycles. The van der Waals surface area contributed by atoms with E-state index in [0.29, 0.717) is 24.2 Å². The summed E-state index contributed by atoms with van der Waals surface area (Å²) < 4.78 is 0. The Morgan fingerprint density at radius 2 is 1.57 bits per heavy atom. The van der Waals surface area contributed by atoms with E-state index in [1.54, 1.807) is 41.9 Å². The van der Waals surface area contributed by atoms with E-state index in [1.165, 1.54) is 4.90 Å². The van der Waals surface area contributed by atoms with Crippen LogP contribution >= 0.6 is 0 Å². The first-order valence-corrected chi connectivity index (χ1v) is 8.81. The van der Waals surface area contributed by atoms with Crippen LogP contribution < -0.4 is 11.2 Å². The molecule has 2 amide bonds. The molecule has 1 aliphatic rings. The maximum atomic E-state index is 12.6. The van der Waals surface area contributed by atoms with Crippen molar-refractivity contribution in [1.82, 2.24) is 10.4 Å². The quantitative estimate of drug-likeness (QED) is 0.246. The number of hydrogen-bond acceptors (Lipinski definition) is 4. The number of rotatable bonds is 2. The van der Waals surface area contributed by atoms with Crippen LogP contribution in [0.5, 0.6) is 0 Å². The molecule has 28 heavy (non-hydrogen) atoms. The first-order valence-electron chi connectivity index (χ1n) is 8.81. The molecule has 0 spiro atoms. The van der Waals surface area contributed by atoms with Crippen LogP contribution in [0.25, 0.3) is 0 Å².